The molecule has 3 aromatic rings. The van der Waals surface area contributed by atoms with Gasteiger partial charge in [-0.1, -0.05) is 12.1 Å². The monoisotopic (exact) mass is 325 g/mol. The van der Waals surface area contributed by atoms with Crippen molar-refractivity contribution in [2.24, 2.45) is 0 Å². The molecule has 0 aliphatic rings. The van der Waals surface area contributed by atoms with E-state index in [-0.39, 0.29) is 11.5 Å². The summed E-state index contributed by atoms with van der Waals surface area (Å²) in [6, 6.07) is 7.30. The standard InChI is InChI=1S/C18H19N3O3/c1-10-4-5-13-12(3)17(24-14(13)8-10)18(23)19-7-6-15-20-11(2)9-16(22)21-15/h4-5,8-9H,6-7H2,1-3H3,(H,19,23)(H,20,21,22). The number of benzene rings is 1. The van der Waals surface area contributed by atoms with Crippen LogP contribution in [0, 0.1) is 20.8 Å². The molecule has 0 aliphatic carbocycles. The molecule has 0 spiro atoms. The maximum Gasteiger partial charge on any atom is 0.287 e. The first kappa shape index (κ1) is 16.0. The summed E-state index contributed by atoms with van der Waals surface area (Å²) in [7, 11) is 0. The molecule has 6 nitrogen and oxygen atoms in total. The second-order valence-corrected chi connectivity index (χ2v) is 5.90. The van der Waals surface area contributed by atoms with Gasteiger partial charge >= 0.3 is 0 Å². The summed E-state index contributed by atoms with van der Waals surface area (Å²) in [5, 5.41) is 3.75. The number of fused-ring (bicyclic) bond motifs is 1. The molecular weight excluding hydrogens is 306 g/mol. The van der Waals surface area contributed by atoms with Gasteiger partial charge in [-0.2, -0.15) is 0 Å². The van der Waals surface area contributed by atoms with E-state index in [0.717, 1.165) is 16.5 Å². The van der Waals surface area contributed by atoms with Crippen LogP contribution < -0.4 is 10.9 Å². The molecule has 2 N–H and O–H groups in total. The van der Waals surface area contributed by atoms with Crippen LogP contribution in [0.4, 0.5) is 0 Å². The van der Waals surface area contributed by atoms with Crippen molar-refractivity contribution in [3.8, 4) is 0 Å². The molecule has 1 amide bonds. The normalized spacial score (nSPS) is 11.0. The zero-order valence-electron chi connectivity index (χ0n) is 13.9. The van der Waals surface area contributed by atoms with Crippen molar-refractivity contribution in [3.05, 3.63) is 63.0 Å². The van der Waals surface area contributed by atoms with Crippen LogP contribution in [0.2, 0.25) is 0 Å². The molecule has 3 rings (SSSR count). The van der Waals surface area contributed by atoms with Gasteiger partial charge in [0.1, 0.15) is 11.4 Å². The van der Waals surface area contributed by atoms with Gasteiger partial charge in [0.05, 0.1) is 0 Å². The molecule has 124 valence electrons. The second-order valence-electron chi connectivity index (χ2n) is 5.90. The Kier molecular flexibility index (Phi) is 4.20. The molecule has 1 aromatic carbocycles. The number of aromatic amines is 1. The minimum Gasteiger partial charge on any atom is -0.451 e. The highest BCUT2D eigenvalue weighted by Gasteiger charge is 2.17. The zero-order chi connectivity index (χ0) is 17.3. The van der Waals surface area contributed by atoms with Crippen molar-refractivity contribution >= 4 is 16.9 Å². The Morgan fingerprint density at radius 1 is 1.25 bits per heavy atom. The first-order valence-electron chi connectivity index (χ1n) is 7.79. The number of rotatable bonds is 4. The molecule has 2 heterocycles. The highest BCUT2D eigenvalue weighted by Crippen LogP contribution is 2.25. The number of H-pyrrole nitrogens is 1. The average molecular weight is 325 g/mol. The van der Waals surface area contributed by atoms with E-state index in [1.807, 2.05) is 32.0 Å². The van der Waals surface area contributed by atoms with E-state index in [4.69, 9.17) is 4.42 Å². The van der Waals surface area contributed by atoms with Crippen molar-refractivity contribution < 1.29 is 9.21 Å². The topological polar surface area (TPSA) is 88.0 Å². The fourth-order valence-electron chi connectivity index (χ4n) is 2.68. The molecule has 6 heteroatoms. The maximum absolute atomic E-state index is 12.3. The van der Waals surface area contributed by atoms with E-state index in [9.17, 15) is 9.59 Å². The van der Waals surface area contributed by atoms with Crippen LogP contribution in [0.15, 0.2) is 33.5 Å². The van der Waals surface area contributed by atoms with Gasteiger partial charge in [-0.05, 0) is 32.4 Å². The van der Waals surface area contributed by atoms with Crippen LogP contribution in [0.5, 0.6) is 0 Å². The van der Waals surface area contributed by atoms with Gasteiger partial charge in [-0.15, -0.1) is 0 Å². The quantitative estimate of drug-likeness (QED) is 0.771. The lowest BCUT2D eigenvalue weighted by atomic mass is 10.1. The number of amides is 1. The smallest absolute Gasteiger partial charge is 0.287 e. The lowest BCUT2D eigenvalue weighted by Crippen LogP contribution is -2.27. The van der Waals surface area contributed by atoms with Gasteiger partial charge in [0, 0.05) is 35.7 Å². The molecule has 24 heavy (non-hydrogen) atoms. The first-order valence-corrected chi connectivity index (χ1v) is 7.79. The number of hydrogen-bond donors (Lipinski definition) is 2. The van der Waals surface area contributed by atoms with Crippen molar-refractivity contribution in [1.82, 2.24) is 15.3 Å². The average Bonchev–Trinajstić information content (AvgIpc) is 2.82. The Balaban J connectivity index is 1.71. The predicted octanol–water partition coefficient (Wildman–Crippen LogP) is 2.41. The molecular formula is C18H19N3O3. The summed E-state index contributed by atoms with van der Waals surface area (Å²) in [5.74, 6) is 0.606. The van der Waals surface area contributed by atoms with Crippen LogP contribution in [0.25, 0.3) is 11.0 Å². The minimum absolute atomic E-state index is 0.188. The van der Waals surface area contributed by atoms with Gasteiger partial charge in [0.25, 0.3) is 11.5 Å². The number of carbonyl (C=O) groups is 1. The SMILES string of the molecule is Cc1ccc2c(C)c(C(=O)NCCc3nc(C)cc(=O)[nH]3)oc2c1. The van der Waals surface area contributed by atoms with E-state index in [1.54, 1.807) is 6.92 Å². The van der Waals surface area contributed by atoms with Crippen molar-refractivity contribution in [2.75, 3.05) is 6.54 Å². The Labute approximate surface area is 138 Å². The largest absolute Gasteiger partial charge is 0.451 e. The summed E-state index contributed by atoms with van der Waals surface area (Å²) in [4.78, 5) is 30.6. The van der Waals surface area contributed by atoms with E-state index < -0.39 is 0 Å². The molecule has 0 saturated heterocycles. The Bertz CT molecular complexity index is 969. The van der Waals surface area contributed by atoms with Gasteiger partial charge in [-0.3, -0.25) is 9.59 Å². The lowest BCUT2D eigenvalue weighted by Gasteiger charge is -2.04. The van der Waals surface area contributed by atoms with Crippen LogP contribution in [-0.2, 0) is 6.42 Å². The number of carbonyl (C=O) groups excluding carboxylic acids is 1. The van der Waals surface area contributed by atoms with Gasteiger partial charge in [0.2, 0.25) is 0 Å². The minimum atomic E-state index is -0.267. The highest BCUT2D eigenvalue weighted by molar-refractivity contribution is 5.99. The number of hydrogen-bond acceptors (Lipinski definition) is 4. The molecule has 0 saturated carbocycles. The zero-order valence-corrected chi connectivity index (χ0v) is 13.9. The Morgan fingerprint density at radius 3 is 2.79 bits per heavy atom. The summed E-state index contributed by atoms with van der Waals surface area (Å²) in [6.45, 7) is 5.97. The fraction of sp³-hybridized carbons (Fsp3) is 0.278. The third kappa shape index (κ3) is 3.22. The fourth-order valence-corrected chi connectivity index (χ4v) is 2.68. The number of furan rings is 1. The third-order valence-corrected chi connectivity index (χ3v) is 3.87. The Morgan fingerprint density at radius 2 is 2.04 bits per heavy atom. The van der Waals surface area contributed by atoms with Crippen molar-refractivity contribution in [3.63, 3.8) is 0 Å². The number of aromatic nitrogens is 2. The number of nitrogens with zero attached hydrogens (tertiary/aromatic N) is 1. The Hall–Kier alpha value is -2.89. The summed E-state index contributed by atoms with van der Waals surface area (Å²) >= 11 is 0. The molecule has 0 atom stereocenters. The van der Waals surface area contributed by atoms with Crippen molar-refractivity contribution in [2.45, 2.75) is 27.2 Å². The van der Waals surface area contributed by atoms with Crippen LogP contribution in [0.1, 0.15) is 33.2 Å². The number of nitrogens with one attached hydrogen (secondary N) is 2. The van der Waals surface area contributed by atoms with Gasteiger partial charge in [-0.25, -0.2) is 4.98 Å². The van der Waals surface area contributed by atoms with E-state index in [2.05, 4.69) is 15.3 Å². The van der Waals surface area contributed by atoms with E-state index in [0.29, 0.717) is 35.8 Å². The lowest BCUT2D eigenvalue weighted by molar-refractivity contribution is 0.0927. The highest BCUT2D eigenvalue weighted by atomic mass is 16.3. The second kappa shape index (κ2) is 6.31. The molecule has 0 radical (unpaired) electrons. The summed E-state index contributed by atoms with van der Waals surface area (Å²) in [5.41, 5.74) is 3.08. The van der Waals surface area contributed by atoms with Crippen LogP contribution in [-0.4, -0.2) is 22.4 Å². The van der Waals surface area contributed by atoms with Crippen molar-refractivity contribution in [1.29, 1.82) is 0 Å². The number of aryl methyl sites for hydroxylation is 3. The van der Waals surface area contributed by atoms with Gasteiger partial charge < -0.3 is 14.7 Å². The molecule has 0 bridgehead atoms. The molecule has 0 fully saturated rings. The van der Waals surface area contributed by atoms with Crippen LogP contribution in [0.3, 0.4) is 0 Å². The first-order chi connectivity index (χ1) is 11.4. The molecule has 0 aliphatic heterocycles. The van der Waals surface area contributed by atoms with Gasteiger partial charge in [0.15, 0.2) is 5.76 Å². The maximum atomic E-state index is 12.3. The molecule has 2 aromatic heterocycles. The predicted molar refractivity (Wildman–Crippen MR) is 91.3 cm³/mol. The third-order valence-electron chi connectivity index (χ3n) is 3.87. The van der Waals surface area contributed by atoms with E-state index in [1.165, 1.54) is 6.07 Å². The molecule has 0 unspecified atom stereocenters. The van der Waals surface area contributed by atoms with E-state index >= 15 is 0 Å². The summed E-state index contributed by atoms with van der Waals surface area (Å²) < 4.78 is 5.70. The summed E-state index contributed by atoms with van der Waals surface area (Å²) in [6.07, 6.45) is 0.445. The van der Waals surface area contributed by atoms with Crippen LogP contribution >= 0.6 is 0 Å².